The van der Waals surface area contributed by atoms with Crippen LogP contribution in [0.3, 0.4) is 0 Å². The Morgan fingerprint density at radius 2 is 0.838 bits per heavy atom. The molecule has 2 fully saturated rings. The van der Waals surface area contributed by atoms with Crippen LogP contribution >= 0.6 is 0 Å². The number of hydrogen-bond acceptors (Lipinski definition) is 13. The van der Waals surface area contributed by atoms with Gasteiger partial charge in [-0.3, -0.25) is 4.79 Å². The van der Waals surface area contributed by atoms with E-state index in [9.17, 15) is 45.6 Å². The van der Waals surface area contributed by atoms with Crippen LogP contribution in [0.2, 0.25) is 0 Å². The number of aliphatic hydroxyl groups excluding tert-OH is 8. The lowest BCUT2D eigenvalue weighted by Crippen LogP contribution is -2.65. The zero-order chi connectivity index (χ0) is 53.9. The van der Waals surface area contributed by atoms with E-state index >= 15 is 0 Å². The highest BCUT2D eigenvalue weighted by molar-refractivity contribution is 5.76. The molecule has 9 N–H and O–H groups in total. The molecule has 14 nitrogen and oxygen atoms in total. The molecular formula is C60H115NO13. The van der Waals surface area contributed by atoms with E-state index in [1.807, 2.05) is 6.08 Å². The minimum atomic E-state index is -1.78. The Labute approximate surface area is 450 Å². The number of hydrogen-bond donors (Lipinski definition) is 9. The van der Waals surface area contributed by atoms with Gasteiger partial charge in [0.1, 0.15) is 48.8 Å². The van der Waals surface area contributed by atoms with Crippen LogP contribution in [-0.2, 0) is 23.7 Å². The van der Waals surface area contributed by atoms with Crippen molar-refractivity contribution in [2.45, 2.75) is 344 Å². The molecule has 14 heteroatoms. The predicted molar refractivity (Wildman–Crippen MR) is 295 cm³/mol. The quantitative estimate of drug-likeness (QED) is 0.0204. The van der Waals surface area contributed by atoms with Crippen molar-refractivity contribution in [1.82, 2.24) is 5.32 Å². The van der Waals surface area contributed by atoms with Crippen LogP contribution in [-0.4, -0.2) is 140 Å². The Morgan fingerprint density at radius 3 is 1.24 bits per heavy atom. The zero-order valence-electron chi connectivity index (χ0n) is 47.1. The van der Waals surface area contributed by atoms with Crippen LogP contribution in [0.5, 0.6) is 0 Å². The van der Waals surface area contributed by atoms with Gasteiger partial charge in [0, 0.05) is 6.42 Å². The van der Waals surface area contributed by atoms with Crippen molar-refractivity contribution < 1.29 is 64.6 Å². The minimum absolute atomic E-state index is 0.240. The largest absolute Gasteiger partial charge is 0.394 e. The molecular weight excluding hydrogens is 943 g/mol. The van der Waals surface area contributed by atoms with Gasteiger partial charge in [0.25, 0.3) is 0 Å². The first kappa shape index (κ1) is 68.8. The summed E-state index contributed by atoms with van der Waals surface area (Å²) in [5.74, 6) is -0.240. The average Bonchev–Trinajstić information content (AvgIpc) is 3.40. The van der Waals surface area contributed by atoms with Crippen LogP contribution in [0.25, 0.3) is 0 Å². The molecule has 0 saturated carbocycles. The first-order valence-corrected chi connectivity index (χ1v) is 30.9. The fourth-order valence-electron chi connectivity index (χ4n) is 10.5. The van der Waals surface area contributed by atoms with E-state index in [0.717, 1.165) is 38.5 Å². The molecule has 12 unspecified atom stereocenters. The smallest absolute Gasteiger partial charge is 0.220 e. The maximum atomic E-state index is 13.1. The number of allylic oxidation sites excluding steroid dienone is 1. The molecule has 2 aliphatic heterocycles. The van der Waals surface area contributed by atoms with E-state index in [0.29, 0.717) is 6.42 Å². The van der Waals surface area contributed by atoms with E-state index in [1.54, 1.807) is 6.08 Å². The van der Waals surface area contributed by atoms with Crippen LogP contribution in [0.15, 0.2) is 12.2 Å². The van der Waals surface area contributed by atoms with E-state index in [4.69, 9.17) is 18.9 Å². The molecule has 0 spiro atoms. The maximum absolute atomic E-state index is 13.1. The highest BCUT2D eigenvalue weighted by Gasteiger charge is 2.51. The van der Waals surface area contributed by atoms with Gasteiger partial charge in [-0.15, -0.1) is 0 Å². The molecule has 0 bridgehead atoms. The Balaban J connectivity index is 1.63. The average molecular weight is 1060 g/mol. The lowest BCUT2D eigenvalue weighted by Gasteiger charge is -2.46. The number of rotatable bonds is 50. The number of carbonyl (C=O) groups is 1. The van der Waals surface area contributed by atoms with Crippen molar-refractivity contribution in [3.8, 4) is 0 Å². The molecule has 1 amide bonds. The van der Waals surface area contributed by atoms with Crippen LogP contribution in [0.1, 0.15) is 271 Å². The van der Waals surface area contributed by atoms with Gasteiger partial charge in [-0.2, -0.15) is 0 Å². The summed E-state index contributed by atoms with van der Waals surface area (Å²) in [6.07, 6.45) is 37.3. The van der Waals surface area contributed by atoms with Crippen LogP contribution in [0.4, 0.5) is 0 Å². The number of amides is 1. The lowest BCUT2D eigenvalue weighted by molar-refractivity contribution is -0.359. The van der Waals surface area contributed by atoms with E-state index in [1.165, 1.54) is 205 Å². The summed E-state index contributed by atoms with van der Waals surface area (Å²) in [7, 11) is 0. The van der Waals surface area contributed by atoms with E-state index in [2.05, 4.69) is 19.2 Å². The van der Waals surface area contributed by atoms with Crippen molar-refractivity contribution in [1.29, 1.82) is 0 Å². The van der Waals surface area contributed by atoms with Crippen LogP contribution < -0.4 is 5.32 Å². The Morgan fingerprint density at radius 1 is 0.473 bits per heavy atom. The second-order valence-corrected chi connectivity index (χ2v) is 22.2. The lowest BCUT2D eigenvalue weighted by atomic mass is 9.97. The van der Waals surface area contributed by atoms with Gasteiger partial charge in [0.05, 0.1) is 32.0 Å². The predicted octanol–water partition coefficient (Wildman–Crippen LogP) is 10.7. The topological polar surface area (TPSA) is 228 Å². The minimum Gasteiger partial charge on any atom is -0.394 e. The fraction of sp³-hybridized carbons (Fsp3) is 0.950. The molecule has 0 aliphatic carbocycles. The van der Waals surface area contributed by atoms with Crippen LogP contribution in [0, 0.1) is 0 Å². The second-order valence-electron chi connectivity index (χ2n) is 22.2. The highest BCUT2D eigenvalue weighted by Crippen LogP contribution is 2.30. The second kappa shape index (κ2) is 46.6. The molecule has 2 saturated heterocycles. The molecule has 12 atom stereocenters. The molecule has 0 aromatic heterocycles. The molecule has 74 heavy (non-hydrogen) atoms. The van der Waals surface area contributed by atoms with Gasteiger partial charge in [0.15, 0.2) is 12.6 Å². The fourth-order valence-corrected chi connectivity index (χ4v) is 10.5. The molecule has 438 valence electrons. The normalized spacial score (nSPS) is 25.2. The highest BCUT2D eigenvalue weighted by atomic mass is 16.7. The van der Waals surface area contributed by atoms with Crippen molar-refractivity contribution in [3.63, 3.8) is 0 Å². The summed E-state index contributed by atoms with van der Waals surface area (Å²) in [6, 6.07) is -0.908. The van der Waals surface area contributed by atoms with Gasteiger partial charge in [-0.05, 0) is 19.3 Å². The number of aliphatic hydroxyl groups is 8. The third-order valence-electron chi connectivity index (χ3n) is 15.5. The number of ether oxygens (including phenoxy) is 4. The standard InChI is InChI=1S/C60H115NO13/c1-3-5-7-9-11-13-14-15-16-17-18-19-20-21-22-23-24-25-26-27-28-29-30-31-32-33-34-36-37-39-41-43-49(64)48(61-52(65)44-42-40-38-35-12-10-8-6-4-2)47-71-59-57(70)55(68)58(51(46-63)73-59)74-60-56(69)54(67)53(66)50(45-62)72-60/h41,43,48-51,53-60,62-64,66-70H,3-40,42,44-47H2,1-2H3,(H,61,65)/b43-41+. The van der Waals surface area contributed by atoms with Crippen molar-refractivity contribution in [2.75, 3.05) is 19.8 Å². The van der Waals surface area contributed by atoms with Crippen molar-refractivity contribution >= 4 is 5.91 Å². The summed E-state index contributed by atoms with van der Waals surface area (Å²) in [5, 5.41) is 86.9. The van der Waals surface area contributed by atoms with Crippen molar-refractivity contribution in [3.05, 3.63) is 12.2 Å². The van der Waals surface area contributed by atoms with Crippen molar-refractivity contribution in [2.24, 2.45) is 0 Å². The summed E-state index contributed by atoms with van der Waals surface area (Å²) in [5.41, 5.74) is 0. The molecule has 0 aromatic rings. The molecule has 2 aliphatic rings. The van der Waals surface area contributed by atoms with E-state index in [-0.39, 0.29) is 18.9 Å². The van der Waals surface area contributed by atoms with Gasteiger partial charge >= 0.3 is 0 Å². The number of unbranched alkanes of at least 4 members (excludes halogenated alkanes) is 37. The first-order chi connectivity index (χ1) is 36.1. The van der Waals surface area contributed by atoms with Gasteiger partial charge in [-0.25, -0.2) is 0 Å². The Hall–Kier alpha value is -1.27. The Bertz CT molecular complexity index is 1290. The maximum Gasteiger partial charge on any atom is 0.220 e. The third kappa shape index (κ3) is 32.0. The molecule has 0 aromatic carbocycles. The first-order valence-electron chi connectivity index (χ1n) is 30.9. The van der Waals surface area contributed by atoms with E-state index < -0.39 is 86.8 Å². The van der Waals surface area contributed by atoms with Gasteiger partial charge in [-0.1, -0.05) is 257 Å². The summed E-state index contributed by atoms with van der Waals surface area (Å²) in [6.45, 7) is 2.79. The zero-order valence-corrected chi connectivity index (χ0v) is 47.1. The number of nitrogens with one attached hydrogen (secondary N) is 1. The molecule has 0 radical (unpaired) electrons. The van der Waals surface area contributed by atoms with Gasteiger partial charge in [0.2, 0.25) is 5.91 Å². The van der Waals surface area contributed by atoms with Gasteiger partial charge < -0.3 is 65.1 Å². The monoisotopic (exact) mass is 1060 g/mol. The Kier molecular flexibility index (Phi) is 43.4. The summed E-state index contributed by atoms with van der Waals surface area (Å²) >= 11 is 0. The number of carbonyl (C=O) groups excluding carboxylic acids is 1. The summed E-state index contributed by atoms with van der Waals surface area (Å²) in [4.78, 5) is 13.1. The summed E-state index contributed by atoms with van der Waals surface area (Å²) < 4.78 is 22.7. The molecule has 2 heterocycles. The molecule has 2 rings (SSSR count). The SMILES string of the molecule is CCCCCCCCCCCCCCCCCCCCCCCCCCCCCCC/C=C/C(O)C(COC1OC(CO)C(OC2OC(CO)C(O)C(O)C2O)C(O)C1O)NC(=O)CCCCCCCCCCC. The third-order valence-corrected chi connectivity index (χ3v) is 15.5.